The first-order valence-corrected chi connectivity index (χ1v) is 7.79. The van der Waals surface area contributed by atoms with Crippen LogP contribution in [0.15, 0.2) is 22.7 Å². The average Bonchev–Trinajstić information content (AvgIpc) is 2.42. The van der Waals surface area contributed by atoms with Crippen LogP contribution in [-0.4, -0.2) is 19.7 Å². The molecule has 0 aliphatic carbocycles. The standard InChI is InChI=1S/C15H21BrFNO/c1-2-7-18-10-11-4-3-8-19-15(11)13-9-12(17)5-6-14(13)16/h5-6,9,11,15,18H,2-4,7-8,10H2,1H3. The van der Waals surface area contributed by atoms with E-state index in [1.54, 1.807) is 12.1 Å². The van der Waals surface area contributed by atoms with E-state index in [4.69, 9.17) is 4.74 Å². The van der Waals surface area contributed by atoms with E-state index in [2.05, 4.69) is 28.2 Å². The van der Waals surface area contributed by atoms with Crippen LogP contribution >= 0.6 is 15.9 Å². The van der Waals surface area contributed by atoms with E-state index in [1.165, 1.54) is 6.07 Å². The number of hydrogen-bond acceptors (Lipinski definition) is 2. The summed E-state index contributed by atoms with van der Waals surface area (Å²) < 4.78 is 20.3. The summed E-state index contributed by atoms with van der Waals surface area (Å²) in [4.78, 5) is 0. The van der Waals surface area contributed by atoms with Gasteiger partial charge in [-0.2, -0.15) is 0 Å². The third-order valence-electron chi connectivity index (χ3n) is 3.54. The molecule has 1 N–H and O–H groups in total. The molecule has 2 unspecified atom stereocenters. The molecule has 1 aliphatic rings. The Hall–Kier alpha value is -0.450. The summed E-state index contributed by atoms with van der Waals surface area (Å²) in [5.74, 6) is 0.214. The molecule has 0 spiro atoms. The Kier molecular flexibility index (Phi) is 5.79. The molecule has 4 heteroatoms. The molecule has 2 rings (SSSR count). The highest BCUT2D eigenvalue weighted by molar-refractivity contribution is 9.10. The third kappa shape index (κ3) is 4.01. The summed E-state index contributed by atoms with van der Waals surface area (Å²) in [5, 5.41) is 3.45. The summed E-state index contributed by atoms with van der Waals surface area (Å²) >= 11 is 3.51. The fourth-order valence-corrected chi connectivity index (χ4v) is 3.07. The van der Waals surface area contributed by atoms with Gasteiger partial charge in [0.15, 0.2) is 0 Å². The molecule has 106 valence electrons. The zero-order valence-corrected chi connectivity index (χ0v) is 12.9. The lowest BCUT2D eigenvalue weighted by Crippen LogP contribution is -2.32. The first-order chi connectivity index (χ1) is 9.22. The molecule has 2 nitrogen and oxygen atoms in total. The zero-order valence-electron chi connectivity index (χ0n) is 11.3. The van der Waals surface area contributed by atoms with Crippen LogP contribution in [0.25, 0.3) is 0 Å². The number of rotatable bonds is 5. The van der Waals surface area contributed by atoms with Crippen molar-refractivity contribution in [1.82, 2.24) is 5.32 Å². The summed E-state index contributed by atoms with van der Waals surface area (Å²) in [5.41, 5.74) is 0.933. The fourth-order valence-electron chi connectivity index (χ4n) is 2.59. The van der Waals surface area contributed by atoms with Crippen LogP contribution in [0.2, 0.25) is 0 Å². The van der Waals surface area contributed by atoms with Gasteiger partial charge in [-0.15, -0.1) is 0 Å². The Morgan fingerprint density at radius 2 is 2.32 bits per heavy atom. The average molecular weight is 330 g/mol. The Labute approximate surface area is 122 Å². The minimum Gasteiger partial charge on any atom is -0.373 e. The van der Waals surface area contributed by atoms with Gasteiger partial charge in [-0.3, -0.25) is 0 Å². The Morgan fingerprint density at radius 3 is 3.11 bits per heavy atom. The van der Waals surface area contributed by atoms with Gasteiger partial charge in [0.1, 0.15) is 5.82 Å². The van der Waals surface area contributed by atoms with Gasteiger partial charge in [0.2, 0.25) is 0 Å². The highest BCUT2D eigenvalue weighted by Crippen LogP contribution is 2.37. The second-order valence-electron chi connectivity index (χ2n) is 5.06. The molecule has 1 aromatic rings. The van der Waals surface area contributed by atoms with Crippen molar-refractivity contribution in [3.8, 4) is 0 Å². The van der Waals surface area contributed by atoms with Crippen LogP contribution in [0, 0.1) is 11.7 Å². The first-order valence-electron chi connectivity index (χ1n) is 6.99. The monoisotopic (exact) mass is 329 g/mol. The third-order valence-corrected chi connectivity index (χ3v) is 4.26. The molecular weight excluding hydrogens is 309 g/mol. The van der Waals surface area contributed by atoms with Gasteiger partial charge in [0.25, 0.3) is 0 Å². The van der Waals surface area contributed by atoms with Crippen molar-refractivity contribution in [2.45, 2.75) is 32.3 Å². The van der Waals surface area contributed by atoms with Crippen LogP contribution in [-0.2, 0) is 4.74 Å². The minimum absolute atomic E-state index is 0.0109. The maximum atomic E-state index is 13.4. The maximum Gasteiger partial charge on any atom is 0.123 e. The normalized spacial score (nSPS) is 23.5. The van der Waals surface area contributed by atoms with Crippen molar-refractivity contribution < 1.29 is 9.13 Å². The molecule has 0 radical (unpaired) electrons. The molecule has 1 aromatic carbocycles. The Morgan fingerprint density at radius 1 is 1.47 bits per heavy atom. The second kappa shape index (κ2) is 7.36. The fraction of sp³-hybridized carbons (Fsp3) is 0.600. The van der Waals surface area contributed by atoms with Crippen molar-refractivity contribution in [3.05, 3.63) is 34.1 Å². The van der Waals surface area contributed by atoms with E-state index in [1.807, 2.05) is 0 Å². The predicted octanol–water partition coefficient (Wildman–Crippen LogP) is 4.06. The number of hydrogen-bond donors (Lipinski definition) is 1. The number of benzene rings is 1. The van der Waals surface area contributed by atoms with E-state index in [0.29, 0.717) is 5.92 Å². The Balaban J connectivity index is 2.11. The van der Waals surface area contributed by atoms with Crippen LogP contribution in [0.3, 0.4) is 0 Å². The predicted molar refractivity (Wildman–Crippen MR) is 78.7 cm³/mol. The van der Waals surface area contributed by atoms with Gasteiger partial charge in [0, 0.05) is 23.5 Å². The minimum atomic E-state index is -0.201. The summed E-state index contributed by atoms with van der Waals surface area (Å²) in [6, 6.07) is 4.83. The van der Waals surface area contributed by atoms with E-state index >= 15 is 0 Å². The molecule has 2 atom stereocenters. The summed E-state index contributed by atoms with van der Waals surface area (Å²) in [6.07, 6.45) is 3.33. The quantitative estimate of drug-likeness (QED) is 0.822. The van der Waals surface area contributed by atoms with Crippen molar-refractivity contribution in [2.24, 2.45) is 5.92 Å². The number of ether oxygens (including phenoxy) is 1. The van der Waals surface area contributed by atoms with Gasteiger partial charge >= 0.3 is 0 Å². The van der Waals surface area contributed by atoms with Crippen LogP contribution < -0.4 is 5.32 Å². The number of halogens is 2. The van der Waals surface area contributed by atoms with E-state index in [-0.39, 0.29) is 11.9 Å². The van der Waals surface area contributed by atoms with E-state index < -0.39 is 0 Å². The van der Waals surface area contributed by atoms with Gasteiger partial charge in [0.05, 0.1) is 6.10 Å². The Bertz CT molecular complexity index is 413. The molecule has 1 aliphatic heterocycles. The maximum absolute atomic E-state index is 13.4. The van der Waals surface area contributed by atoms with Gasteiger partial charge < -0.3 is 10.1 Å². The topological polar surface area (TPSA) is 21.3 Å². The van der Waals surface area contributed by atoms with Crippen LogP contribution in [0.5, 0.6) is 0 Å². The first kappa shape index (κ1) is 14.9. The molecule has 1 fully saturated rings. The van der Waals surface area contributed by atoms with Crippen molar-refractivity contribution in [2.75, 3.05) is 19.7 Å². The molecule has 0 aromatic heterocycles. The molecule has 1 heterocycles. The van der Waals surface area contributed by atoms with Crippen molar-refractivity contribution in [1.29, 1.82) is 0 Å². The van der Waals surface area contributed by atoms with Crippen molar-refractivity contribution in [3.63, 3.8) is 0 Å². The molecule has 0 saturated carbocycles. The van der Waals surface area contributed by atoms with Gasteiger partial charge in [-0.05, 0) is 49.6 Å². The molecule has 19 heavy (non-hydrogen) atoms. The summed E-state index contributed by atoms with van der Waals surface area (Å²) in [7, 11) is 0. The van der Waals surface area contributed by atoms with Crippen molar-refractivity contribution >= 4 is 15.9 Å². The molecule has 0 amide bonds. The van der Waals surface area contributed by atoms with Gasteiger partial charge in [-0.1, -0.05) is 22.9 Å². The lowest BCUT2D eigenvalue weighted by atomic mass is 9.89. The summed E-state index contributed by atoms with van der Waals surface area (Å²) in [6.45, 7) is 4.87. The zero-order chi connectivity index (χ0) is 13.7. The smallest absolute Gasteiger partial charge is 0.123 e. The SMILES string of the molecule is CCCNCC1CCCOC1c1cc(F)ccc1Br. The highest BCUT2D eigenvalue weighted by atomic mass is 79.9. The van der Waals surface area contributed by atoms with Crippen LogP contribution in [0.1, 0.15) is 37.9 Å². The van der Waals surface area contributed by atoms with Crippen LogP contribution in [0.4, 0.5) is 4.39 Å². The van der Waals surface area contributed by atoms with E-state index in [9.17, 15) is 4.39 Å². The molecular formula is C15H21BrFNO. The molecule has 0 bridgehead atoms. The number of nitrogens with one attached hydrogen (secondary N) is 1. The second-order valence-corrected chi connectivity index (χ2v) is 5.92. The largest absolute Gasteiger partial charge is 0.373 e. The van der Waals surface area contributed by atoms with Gasteiger partial charge in [-0.25, -0.2) is 4.39 Å². The lowest BCUT2D eigenvalue weighted by Gasteiger charge is -2.33. The van der Waals surface area contributed by atoms with E-state index in [0.717, 1.165) is 49.0 Å². The lowest BCUT2D eigenvalue weighted by molar-refractivity contribution is -0.0282. The highest BCUT2D eigenvalue weighted by Gasteiger charge is 2.28. The molecule has 1 saturated heterocycles.